The number of rotatable bonds is 10. The van der Waals surface area contributed by atoms with Crippen LogP contribution in [0.1, 0.15) is 36.1 Å². The molecule has 0 unspecified atom stereocenters. The van der Waals surface area contributed by atoms with Gasteiger partial charge in [-0.2, -0.15) is 5.10 Å². The largest absolute Gasteiger partial charge is 0.496 e. The minimum Gasteiger partial charge on any atom is -0.496 e. The van der Waals surface area contributed by atoms with Crippen LogP contribution in [0.2, 0.25) is 0 Å². The van der Waals surface area contributed by atoms with Gasteiger partial charge in [-0.05, 0) is 44.0 Å². The van der Waals surface area contributed by atoms with Crippen molar-refractivity contribution < 1.29 is 18.7 Å². The fraction of sp³-hybridized carbons (Fsp3) is 0.357. The summed E-state index contributed by atoms with van der Waals surface area (Å²) in [5.74, 6) is -0.381. The molecule has 2 atom stereocenters. The van der Waals surface area contributed by atoms with Crippen LogP contribution in [0.4, 0.5) is 4.39 Å². The molecule has 12 heteroatoms. The zero-order chi connectivity index (χ0) is 28.6. The second-order valence-corrected chi connectivity index (χ2v) is 10.6. The van der Waals surface area contributed by atoms with E-state index in [1.807, 2.05) is 0 Å². The van der Waals surface area contributed by atoms with Gasteiger partial charge in [-0.25, -0.2) is 18.4 Å². The highest BCUT2D eigenvalue weighted by Crippen LogP contribution is 2.34. The quantitative estimate of drug-likeness (QED) is 0.215. The second kappa shape index (κ2) is 11.2. The summed E-state index contributed by atoms with van der Waals surface area (Å²) >= 11 is 1.25. The summed E-state index contributed by atoms with van der Waals surface area (Å²) in [6.07, 6.45) is 5.14. The molecular formula is C28H30FN5O5S. The van der Waals surface area contributed by atoms with Crippen LogP contribution in [0.25, 0.3) is 15.2 Å². The van der Waals surface area contributed by atoms with E-state index in [1.54, 1.807) is 43.2 Å². The van der Waals surface area contributed by atoms with Crippen molar-refractivity contribution in [1.82, 2.24) is 23.8 Å². The van der Waals surface area contributed by atoms with Crippen LogP contribution in [-0.4, -0.2) is 57.0 Å². The molecule has 40 heavy (non-hydrogen) atoms. The van der Waals surface area contributed by atoms with E-state index in [2.05, 4.69) is 11.7 Å². The molecule has 0 bridgehead atoms. The molecule has 1 aromatic carbocycles. The summed E-state index contributed by atoms with van der Waals surface area (Å²) in [5, 5.41) is 5.31. The molecule has 0 N–H and O–H groups in total. The Morgan fingerprint density at radius 3 is 2.75 bits per heavy atom. The van der Waals surface area contributed by atoms with Crippen molar-refractivity contribution in [3.8, 4) is 10.8 Å². The molecule has 1 saturated heterocycles. The number of halogens is 1. The number of likely N-dealkylation sites (N-methyl/N-ethyl adjacent to an activating group) is 1. The van der Waals surface area contributed by atoms with Crippen molar-refractivity contribution >= 4 is 27.5 Å². The number of carbonyl (C=O) groups excluding carboxylic acids is 1. The first-order valence-corrected chi connectivity index (χ1v) is 13.7. The lowest BCUT2D eigenvalue weighted by Gasteiger charge is -2.23. The molecule has 210 valence electrons. The standard InChI is InChI=1S/C28H30FN5O5S/c1-5-6-14-39-22(19-15-18(29)8-9-21(19)38-4)16-32-27-23(17(2)26(40-27)33-12-7-11-30-33)25(36)34(28(32)37)20-10-13-31(3)24(20)35/h5,7-9,11-12,15,20,22H,1,6,10,13-14,16H2,2-4H3/t20-,22+/m1/s1. The smallest absolute Gasteiger partial charge is 0.332 e. The number of likely N-dealkylation sites (tertiary alicyclic amines) is 1. The number of ether oxygens (including phenoxy) is 2. The first-order chi connectivity index (χ1) is 19.3. The highest BCUT2D eigenvalue weighted by molar-refractivity contribution is 7.21. The van der Waals surface area contributed by atoms with E-state index >= 15 is 0 Å². The molecule has 0 spiro atoms. The molecule has 5 rings (SSSR count). The van der Waals surface area contributed by atoms with Crippen molar-refractivity contribution in [3.63, 3.8) is 0 Å². The maximum absolute atomic E-state index is 14.4. The number of aromatic nitrogens is 4. The summed E-state index contributed by atoms with van der Waals surface area (Å²) in [4.78, 5) is 42.9. The van der Waals surface area contributed by atoms with Crippen LogP contribution in [0.3, 0.4) is 0 Å². The Morgan fingerprint density at radius 2 is 2.10 bits per heavy atom. The monoisotopic (exact) mass is 567 g/mol. The normalized spacial score (nSPS) is 16.1. The number of fused-ring (bicyclic) bond motifs is 1. The maximum atomic E-state index is 14.4. The maximum Gasteiger partial charge on any atom is 0.332 e. The van der Waals surface area contributed by atoms with E-state index in [0.29, 0.717) is 51.5 Å². The lowest BCUT2D eigenvalue weighted by atomic mass is 10.1. The molecule has 1 fully saturated rings. The van der Waals surface area contributed by atoms with Crippen LogP contribution in [0.5, 0.6) is 5.75 Å². The third-order valence-electron chi connectivity index (χ3n) is 7.17. The Balaban J connectivity index is 1.75. The minimum atomic E-state index is -0.919. The Bertz CT molecular complexity index is 1690. The first kappa shape index (κ1) is 27.5. The number of hydrogen-bond acceptors (Lipinski definition) is 7. The molecule has 1 aliphatic rings. The Labute approximate surface area is 233 Å². The van der Waals surface area contributed by atoms with Crippen LogP contribution >= 0.6 is 11.3 Å². The molecular weight excluding hydrogens is 537 g/mol. The Kier molecular flexibility index (Phi) is 7.72. The van der Waals surface area contributed by atoms with Gasteiger partial charge < -0.3 is 14.4 Å². The van der Waals surface area contributed by atoms with Gasteiger partial charge in [0.15, 0.2) is 0 Å². The lowest BCUT2D eigenvalue weighted by Crippen LogP contribution is -2.44. The fourth-order valence-corrected chi connectivity index (χ4v) is 6.34. The molecule has 1 amide bonds. The number of amides is 1. The van der Waals surface area contributed by atoms with Crippen LogP contribution < -0.4 is 16.0 Å². The van der Waals surface area contributed by atoms with Crippen molar-refractivity contribution in [2.24, 2.45) is 0 Å². The van der Waals surface area contributed by atoms with Crippen LogP contribution in [-0.2, 0) is 16.1 Å². The zero-order valence-corrected chi connectivity index (χ0v) is 23.3. The number of aryl methyl sites for hydroxylation is 1. The third kappa shape index (κ3) is 4.77. The van der Waals surface area contributed by atoms with Gasteiger partial charge in [0.1, 0.15) is 33.5 Å². The number of hydrogen-bond donors (Lipinski definition) is 0. The van der Waals surface area contributed by atoms with Crippen LogP contribution in [0, 0.1) is 12.7 Å². The topological polar surface area (TPSA) is 101 Å². The van der Waals surface area contributed by atoms with Crippen molar-refractivity contribution in [2.75, 3.05) is 27.3 Å². The van der Waals surface area contributed by atoms with Gasteiger partial charge >= 0.3 is 5.69 Å². The minimum absolute atomic E-state index is 0.0538. The SMILES string of the molecule is C=CCCO[C@@H](Cn1c(=O)n([C@@H]2CCN(C)C2=O)c(=O)c2c(C)c(-n3cccn3)sc21)c1cc(F)ccc1OC. The van der Waals surface area contributed by atoms with Crippen molar-refractivity contribution in [2.45, 2.75) is 38.5 Å². The zero-order valence-electron chi connectivity index (χ0n) is 22.5. The van der Waals surface area contributed by atoms with Gasteiger partial charge in [0.25, 0.3) is 5.56 Å². The molecule has 4 aromatic rings. The van der Waals surface area contributed by atoms with E-state index in [0.717, 1.165) is 4.57 Å². The number of carbonyl (C=O) groups is 1. The molecule has 3 aromatic heterocycles. The van der Waals surface area contributed by atoms with Gasteiger partial charge in [0, 0.05) is 37.1 Å². The Hall–Kier alpha value is -4.03. The molecule has 0 saturated carbocycles. The number of benzene rings is 1. The highest BCUT2D eigenvalue weighted by atomic mass is 32.1. The summed E-state index contributed by atoms with van der Waals surface area (Å²) in [6, 6.07) is 4.96. The number of thiophene rings is 1. The van der Waals surface area contributed by atoms with Gasteiger partial charge in [-0.3, -0.25) is 14.2 Å². The third-order valence-corrected chi connectivity index (χ3v) is 8.47. The summed E-state index contributed by atoms with van der Waals surface area (Å²) in [5.41, 5.74) is -0.0966. The predicted molar refractivity (Wildman–Crippen MR) is 150 cm³/mol. The van der Waals surface area contributed by atoms with E-state index in [4.69, 9.17) is 9.47 Å². The Morgan fingerprint density at radius 1 is 1.30 bits per heavy atom. The summed E-state index contributed by atoms with van der Waals surface area (Å²) < 4.78 is 30.2. The van der Waals surface area contributed by atoms with Gasteiger partial charge in [0.2, 0.25) is 5.91 Å². The van der Waals surface area contributed by atoms with Gasteiger partial charge in [-0.15, -0.1) is 6.58 Å². The number of nitrogens with zero attached hydrogens (tertiary/aromatic N) is 5. The summed E-state index contributed by atoms with van der Waals surface area (Å²) in [6.45, 7) is 6.17. The van der Waals surface area contributed by atoms with Crippen LogP contribution in [0.15, 0.2) is 58.9 Å². The van der Waals surface area contributed by atoms with E-state index in [9.17, 15) is 18.8 Å². The van der Waals surface area contributed by atoms with E-state index < -0.39 is 29.2 Å². The van der Waals surface area contributed by atoms with E-state index in [1.165, 1.54) is 46.1 Å². The molecule has 4 heterocycles. The van der Waals surface area contributed by atoms with Gasteiger partial charge in [0.05, 0.1) is 25.6 Å². The first-order valence-electron chi connectivity index (χ1n) is 12.9. The average Bonchev–Trinajstić information content (AvgIpc) is 3.66. The average molecular weight is 568 g/mol. The summed E-state index contributed by atoms with van der Waals surface area (Å²) in [7, 11) is 3.12. The molecule has 0 radical (unpaired) electrons. The lowest BCUT2D eigenvalue weighted by molar-refractivity contribution is -0.129. The highest BCUT2D eigenvalue weighted by Gasteiger charge is 2.35. The fourth-order valence-electron chi connectivity index (χ4n) is 5.10. The molecule has 0 aliphatic carbocycles. The molecule has 10 nitrogen and oxygen atoms in total. The van der Waals surface area contributed by atoms with Crippen molar-refractivity contribution in [3.05, 3.63) is 87.1 Å². The second-order valence-electron chi connectivity index (χ2n) is 9.62. The van der Waals surface area contributed by atoms with E-state index in [-0.39, 0.29) is 19.1 Å². The van der Waals surface area contributed by atoms with Gasteiger partial charge in [-0.1, -0.05) is 17.4 Å². The number of methoxy groups -OCH3 is 1. The predicted octanol–water partition coefficient (Wildman–Crippen LogP) is 3.60. The molecule has 1 aliphatic heterocycles. The van der Waals surface area contributed by atoms with Crippen molar-refractivity contribution in [1.29, 1.82) is 0 Å².